The first-order valence-corrected chi connectivity index (χ1v) is 9.48. The van der Waals surface area contributed by atoms with E-state index in [4.69, 9.17) is 0 Å². The third-order valence-electron chi connectivity index (χ3n) is 4.85. The van der Waals surface area contributed by atoms with Crippen molar-refractivity contribution in [3.63, 3.8) is 0 Å². The fraction of sp³-hybridized carbons (Fsp3) is 0.333. The van der Waals surface area contributed by atoms with Crippen molar-refractivity contribution in [1.82, 2.24) is 15.1 Å². The van der Waals surface area contributed by atoms with Gasteiger partial charge in [-0.2, -0.15) is 0 Å². The third kappa shape index (κ3) is 5.82. The first-order valence-electron chi connectivity index (χ1n) is 9.48. The molecule has 3 rings (SSSR count). The molecule has 0 unspecified atom stereocenters. The summed E-state index contributed by atoms with van der Waals surface area (Å²) in [6.07, 6.45) is 0. The normalized spacial score (nSPS) is 15.1. The summed E-state index contributed by atoms with van der Waals surface area (Å²) in [5.74, 6) is -2.70. The highest BCUT2D eigenvalue weighted by Crippen LogP contribution is 2.17. The molecule has 29 heavy (non-hydrogen) atoms. The quantitative estimate of drug-likeness (QED) is 0.778. The standard InChI is InChI=1S/C21H24F2N4O2/c1-26-8-10-27(11-9-26)7-6-24-21(29)18-4-2-3-5-19(18)25-20(28)15-12-16(22)14-17(23)13-15/h2-5,12-14H,6-11H2,1H3,(H,24,29)(H,25,28). The monoisotopic (exact) mass is 402 g/mol. The van der Waals surface area contributed by atoms with Gasteiger partial charge in [0, 0.05) is 50.9 Å². The number of para-hydroxylation sites is 1. The van der Waals surface area contributed by atoms with Crippen molar-refractivity contribution in [2.75, 3.05) is 51.6 Å². The first kappa shape index (κ1) is 20.9. The third-order valence-corrected chi connectivity index (χ3v) is 4.85. The Morgan fingerprint density at radius 1 is 0.966 bits per heavy atom. The Labute approximate surface area is 168 Å². The minimum Gasteiger partial charge on any atom is -0.351 e. The highest BCUT2D eigenvalue weighted by molar-refractivity contribution is 6.09. The number of rotatable bonds is 6. The zero-order chi connectivity index (χ0) is 20.8. The number of benzene rings is 2. The van der Waals surface area contributed by atoms with Gasteiger partial charge in [0.25, 0.3) is 11.8 Å². The molecule has 1 fully saturated rings. The van der Waals surface area contributed by atoms with Gasteiger partial charge in [-0.15, -0.1) is 0 Å². The van der Waals surface area contributed by atoms with Crippen LogP contribution in [-0.4, -0.2) is 67.9 Å². The second kappa shape index (κ2) is 9.58. The minimum absolute atomic E-state index is 0.159. The summed E-state index contributed by atoms with van der Waals surface area (Å²) in [4.78, 5) is 29.5. The van der Waals surface area contributed by atoms with E-state index < -0.39 is 17.5 Å². The molecular formula is C21H24F2N4O2. The molecule has 0 bridgehead atoms. The number of hydrogen-bond acceptors (Lipinski definition) is 4. The van der Waals surface area contributed by atoms with Crippen LogP contribution in [0, 0.1) is 11.6 Å². The number of nitrogens with one attached hydrogen (secondary N) is 2. The van der Waals surface area contributed by atoms with Crippen molar-refractivity contribution >= 4 is 17.5 Å². The zero-order valence-corrected chi connectivity index (χ0v) is 16.3. The number of nitrogens with zero attached hydrogens (tertiary/aromatic N) is 2. The van der Waals surface area contributed by atoms with Crippen LogP contribution in [0.25, 0.3) is 0 Å². The Hall–Kier alpha value is -2.84. The van der Waals surface area contributed by atoms with Crippen LogP contribution in [0.2, 0.25) is 0 Å². The number of likely N-dealkylation sites (N-methyl/N-ethyl adjacent to an activating group) is 1. The number of carbonyl (C=O) groups is 2. The van der Waals surface area contributed by atoms with Gasteiger partial charge in [0.1, 0.15) is 11.6 Å². The van der Waals surface area contributed by atoms with E-state index >= 15 is 0 Å². The molecule has 0 radical (unpaired) electrons. The lowest BCUT2D eigenvalue weighted by molar-refractivity contribution is 0.0942. The van der Waals surface area contributed by atoms with E-state index in [1.165, 1.54) is 0 Å². The van der Waals surface area contributed by atoms with Gasteiger partial charge >= 0.3 is 0 Å². The van der Waals surface area contributed by atoms with Crippen molar-refractivity contribution in [2.45, 2.75) is 0 Å². The lowest BCUT2D eigenvalue weighted by Crippen LogP contribution is -2.46. The fourth-order valence-corrected chi connectivity index (χ4v) is 3.16. The maximum Gasteiger partial charge on any atom is 0.255 e. The predicted octanol–water partition coefficient (Wildman–Crippen LogP) is 2.19. The van der Waals surface area contributed by atoms with E-state index in [0.29, 0.717) is 12.6 Å². The summed E-state index contributed by atoms with van der Waals surface area (Å²) in [5, 5.41) is 5.42. The molecule has 0 atom stereocenters. The van der Waals surface area contributed by atoms with Crippen LogP contribution in [0.4, 0.5) is 14.5 Å². The van der Waals surface area contributed by atoms with Crippen molar-refractivity contribution in [1.29, 1.82) is 0 Å². The van der Waals surface area contributed by atoms with Crippen molar-refractivity contribution < 1.29 is 18.4 Å². The Morgan fingerprint density at radius 3 is 2.31 bits per heavy atom. The van der Waals surface area contributed by atoms with E-state index in [0.717, 1.165) is 44.9 Å². The molecule has 2 N–H and O–H groups in total. The van der Waals surface area contributed by atoms with Gasteiger partial charge < -0.3 is 15.5 Å². The van der Waals surface area contributed by atoms with Crippen molar-refractivity contribution in [3.8, 4) is 0 Å². The summed E-state index contributed by atoms with van der Waals surface area (Å²) >= 11 is 0. The van der Waals surface area contributed by atoms with Crippen LogP contribution >= 0.6 is 0 Å². The Balaban J connectivity index is 1.60. The molecule has 0 aliphatic carbocycles. The SMILES string of the molecule is CN1CCN(CCNC(=O)c2ccccc2NC(=O)c2cc(F)cc(F)c2)CC1. The van der Waals surface area contributed by atoms with Crippen LogP contribution in [0.15, 0.2) is 42.5 Å². The first-order chi connectivity index (χ1) is 13.9. The van der Waals surface area contributed by atoms with Gasteiger partial charge in [0.05, 0.1) is 11.3 Å². The average Bonchev–Trinajstić information content (AvgIpc) is 2.69. The lowest BCUT2D eigenvalue weighted by atomic mass is 10.1. The van der Waals surface area contributed by atoms with E-state index in [1.807, 2.05) is 0 Å². The van der Waals surface area contributed by atoms with E-state index in [1.54, 1.807) is 24.3 Å². The summed E-state index contributed by atoms with van der Waals surface area (Å²) in [6, 6.07) is 9.10. The number of piperazine rings is 1. The molecule has 2 aromatic rings. The summed E-state index contributed by atoms with van der Waals surface area (Å²) in [6.45, 7) is 5.16. The molecule has 1 aliphatic heterocycles. The highest BCUT2D eigenvalue weighted by Gasteiger charge is 2.17. The maximum atomic E-state index is 13.4. The molecule has 1 aliphatic rings. The summed E-state index contributed by atoms with van der Waals surface area (Å²) < 4.78 is 26.7. The lowest BCUT2D eigenvalue weighted by Gasteiger charge is -2.32. The number of halogens is 2. The second-order valence-corrected chi connectivity index (χ2v) is 7.06. The Morgan fingerprint density at radius 2 is 1.62 bits per heavy atom. The Kier molecular flexibility index (Phi) is 6.90. The van der Waals surface area contributed by atoms with Crippen molar-refractivity contribution in [2.24, 2.45) is 0 Å². The molecule has 6 nitrogen and oxygen atoms in total. The average molecular weight is 402 g/mol. The number of anilines is 1. The second-order valence-electron chi connectivity index (χ2n) is 7.06. The number of amides is 2. The minimum atomic E-state index is -0.843. The molecule has 2 aromatic carbocycles. The fourth-order valence-electron chi connectivity index (χ4n) is 3.16. The van der Waals surface area contributed by atoms with E-state index in [2.05, 4.69) is 27.5 Å². The highest BCUT2D eigenvalue weighted by atomic mass is 19.1. The van der Waals surface area contributed by atoms with E-state index in [9.17, 15) is 18.4 Å². The molecule has 1 heterocycles. The van der Waals surface area contributed by atoms with E-state index in [-0.39, 0.29) is 22.7 Å². The number of carbonyl (C=O) groups excluding carboxylic acids is 2. The van der Waals surface area contributed by atoms with Gasteiger partial charge in [-0.1, -0.05) is 12.1 Å². The van der Waals surface area contributed by atoms with Crippen LogP contribution in [0.5, 0.6) is 0 Å². The molecular weight excluding hydrogens is 378 g/mol. The number of hydrogen-bond donors (Lipinski definition) is 2. The molecule has 2 amide bonds. The largest absolute Gasteiger partial charge is 0.351 e. The molecule has 1 saturated heterocycles. The zero-order valence-electron chi connectivity index (χ0n) is 16.3. The van der Waals surface area contributed by atoms with Gasteiger partial charge in [0.2, 0.25) is 0 Å². The van der Waals surface area contributed by atoms with Crippen LogP contribution in [-0.2, 0) is 0 Å². The molecule has 154 valence electrons. The predicted molar refractivity (Wildman–Crippen MR) is 107 cm³/mol. The van der Waals surface area contributed by atoms with Gasteiger partial charge in [-0.05, 0) is 31.3 Å². The molecule has 8 heteroatoms. The smallest absolute Gasteiger partial charge is 0.255 e. The van der Waals surface area contributed by atoms with Gasteiger partial charge in [-0.3, -0.25) is 14.5 Å². The molecule has 0 saturated carbocycles. The van der Waals surface area contributed by atoms with Gasteiger partial charge in [-0.25, -0.2) is 8.78 Å². The summed E-state index contributed by atoms with van der Waals surface area (Å²) in [5.41, 5.74) is 0.406. The Bertz CT molecular complexity index is 862. The van der Waals surface area contributed by atoms with Gasteiger partial charge in [0.15, 0.2) is 0 Å². The molecule has 0 spiro atoms. The summed E-state index contributed by atoms with van der Waals surface area (Å²) in [7, 11) is 2.09. The van der Waals surface area contributed by atoms with Crippen LogP contribution < -0.4 is 10.6 Å². The topological polar surface area (TPSA) is 64.7 Å². The van der Waals surface area contributed by atoms with Crippen molar-refractivity contribution in [3.05, 3.63) is 65.2 Å². The van der Waals surface area contributed by atoms with Crippen LogP contribution in [0.1, 0.15) is 20.7 Å². The molecule has 0 aromatic heterocycles. The van der Waals surface area contributed by atoms with Crippen LogP contribution in [0.3, 0.4) is 0 Å². The maximum absolute atomic E-state index is 13.4.